The fourth-order valence-electron chi connectivity index (χ4n) is 2.02. The Labute approximate surface area is 134 Å². The van der Waals surface area contributed by atoms with Gasteiger partial charge in [0.2, 0.25) is 0 Å². The Kier molecular flexibility index (Phi) is 4.72. The van der Waals surface area contributed by atoms with Crippen molar-refractivity contribution < 1.29 is 4.92 Å². The predicted molar refractivity (Wildman–Crippen MR) is 89.6 cm³/mol. The molecule has 0 saturated heterocycles. The van der Waals surface area contributed by atoms with E-state index in [1.165, 1.54) is 23.8 Å². The van der Waals surface area contributed by atoms with E-state index in [1.807, 2.05) is 45.0 Å². The molecule has 2 aromatic carbocycles. The fourth-order valence-corrected chi connectivity index (χ4v) is 2.02. The number of nitrogens with one attached hydrogen (secondary N) is 1. The molecule has 0 fully saturated rings. The Hall–Kier alpha value is -3.20. The van der Waals surface area contributed by atoms with E-state index in [1.54, 1.807) is 0 Å². The molecule has 0 aromatic heterocycles. The van der Waals surface area contributed by atoms with Crippen LogP contribution in [-0.2, 0) is 0 Å². The number of aryl methyl sites for hydroxylation is 2. The molecular weight excluding hydrogens is 292 g/mol. The second kappa shape index (κ2) is 6.71. The molecule has 0 unspecified atom stereocenters. The van der Waals surface area contributed by atoms with E-state index in [4.69, 9.17) is 5.26 Å². The van der Waals surface area contributed by atoms with Crippen LogP contribution in [0.4, 0.5) is 11.4 Å². The van der Waals surface area contributed by atoms with Gasteiger partial charge in [0, 0.05) is 6.07 Å². The molecule has 0 amide bonds. The lowest BCUT2D eigenvalue weighted by atomic mass is 10.0. The smallest absolute Gasteiger partial charge is 0.271 e. The summed E-state index contributed by atoms with van der Waals surface area (Å²) in [6.45, 7) is 5.88. The number of nitro groups is 1. The van der Waals surface area contributed by atoms with Crippen LogP contribution in [0.15, 0.2) is 41.5 Å². The highest BCUT2D eigenvalue weighted by Crippen LogP contribution is 2.25. The topological polar surface area (TPSA) is 91.3 Å². The van der Waals surface area contributed by atoms with Crippen molar-refractivity contribution in [3.63, 3.8) is 0 Å². The first-order valence-electron chi connectivity index (χ1n) is 6.99. The molecule has 1 N–H and O–H groups in total. The van der Waals surface area contributed by atoms with Gasteiger partial charge in [-0.15, -0.1) is 0 Å². The normalized spacial score (nSPS) is 11.0. The van der Waals surface area contributed by atoms with Gasteiger partial charge in [0.15, 0.2) is 0 Å². The summed E-state index contributed by atoms with van der Waals surface area (Å²) in [7, 11) is 0. The largest absolute Gasteiger partial charge is 0.295 e. The molecule has 0 aliphatic carbocycles. The number of anilines is 1. The summed E-state index contributed by atoms with van der Waals surface area (Å²) in [6, 6.07) is 12.1. The zero-order valence-electron chi connectivity index (χ0n) is 13.1. The number of nitrogens with zero attached hydrogens (tertiary/aromatic N) is 3. The first-order chi connectivity index (χ1) is 10.9. The molecule has 6 heteroatoms. The van der Waals surface area contributed by atoms with Gasteiger partial charge in [0.1, 0.15) is 5.69 Å². The average Bonchev–Trinajstić information content (AvgIpc) is 2.54. The molecule has 2 rings (SSSR count). The summed E-state index contributed by atoms with van der Waals surface area (Å²) in [5.41, 5.74) is 7.02. The second-order valence-electron chi connectivity index (χ2n) is 5.21. The zero-order valence-corrected chi connectivity index (χ0v) is 13.1. The lowest BCUT2D eigenvalue weighted by Gasteiger charge is -2.07. The summed E-state index contributed by atoms with van der Waals surface area (Å²) in [6.07, 6.45) is 0. The monoisotopic (exact) mass is 308 g/mol. The molecule has 6 nitrogen and oxygen atoms in total. The molecule has 0 spiro atoms. The highest BCUT2D eigenvalue weighted by Gasteiger charge is 2.14. The number of nitro benzene ring substituents is 1. The molecule has 0 aliphatic heterocycles. The van der Waals surface area contributed by atoms with Crippen molar-refractivity contribution >= 4 is 17.1 Å². The van der Waals surface area contributed by atoms with Crippen LogP contribution in [0.1, 0.15) is 29.2 Å². The maximum Gasteiger partial charge on any atom is 0.295 e. The minimum atomic E-state index is -0.538. The summed E-state index contributed by atoms with van der Waals surface area (Å²) in [5.74, 6) is 0. The Morgan fingerprint density at radius 2 is 1.96 bits per heavy atom. The van der Waals surface area contributed by atoms with Gasteiger partial charge < -0.3 is 0 Å². The summed E-state index contributed by atoms with van der Waals surface area (Å²) in [5, 5.41) is 24.1. The number of rotatable bonds is 4. The van der Waals surface area contributed by atoms with Crippen LogP contribution in [0.2, 0.25) is 0 Å². The summed E-state index contributed by atoms with van der Waals surface area (Å²) < 4.78 is 0. The number of nitriles is 1. The molecule has 23 heavy (non-hydrogen) atoms. The summed E-state index contributed by atoms with van der Waals surface area (Å²) in [4.78, 5) is 10.6. The van der Waals surface area contributed by atoms with Crippen LogP contribution in [-0.4, -0.2) is 10.6 Å². The number of hydrazone groups is 1. The molecule has 0 atom stereocenters. The van der Waals surface area contributed by atoms with E-state index < -0.39 is 4.92 Å². The fraction of sp³-hybridized carbons (Fsp3) is 0.176. The van der Waals surface area contributed by atoms with Gasteiger partial charge >= 0.3 is 0 Å². The molecule has 0 radical (unpaired) electrons. The highest BCUT2D eigenvalue weighted by molar-refractivity contribution is 5.99. The Balaban J connectivity index is 2.30. The number of benzene rings is 2. The lowest BCUT2D eigenvalue weighted by molar-refractivity contribution is -0.384. The maximum atomic E-state index is 11.1. The van der Waals surface area contributed by atoms with Gasteiger partial charge in [-0.25, -0.2) is 0 Å². The van der Waals surface area contributed by atoms with Crippen molar-refractivity contribution in [1.82, 2.24) is 0 Å². The van der Waals surface area contributed by atoms with Gasteiger partial charge in [-0.1, -0.05) is 12.1 Å². The van der Waals surface area contributed by atoms with E-state index in [0.29, 0.717) is 5.71 Å². The maximum absolute atomic E-state index is 11.1. The number of hydrogen-bond donors (Lipinski definition) is 1. The lowest BCUT2D eigenvalue weighted by Crippen LogP contribution is -2.02. The van der Waals surface area contributed by atoms with E-state index >= 15 is 0 Å². The SMILES string of the molecule is C/C(=N\Nc1ccc(C#N)cc1[N+](=O)[O-])c1ccc(C)c(C)c1. The Morgan fingerprint density at radius 3 is 2.57 bits per heavy atom. The van der Waals surface area contributed by atoms with Gasteiger partial charge in [-0.3, -0.25) is 15.5 Å². The van der Waals surface area contributed by atoms with Gasteiger partial charge in [0.25, 0.3) is 5.69 Å². The van der Waals surface area contributed by atoms with E-state index in [2.05, 4.69) is 10.5 Å². The standard InChI is InChI=1S/C17H16N4O2/c1-11-4-6-15(8-12(11)2)13(3)19-20-16-7-5-14(10-18)9-17(16)21(22)23/h4-9,20H,1-3H3/b19-13+. The second-order valence-corrected chi connectivity index (χ2v) is 5.21. The van der Waals surface area contributed by atoms with Gasteiger partial charge in [0.05, 0.1) is 22.3 Å². The summed E-state index contributed by atoms with van der Waals surface area (Å²) >= 11 is 0. The quantitative estimate of drug-likeness (QED) is 0.526. The van der Waals surface area contributed by atoms with Crippen molar-refractivity contribution in [2.75, 3.05) is 5.43 Å². The first-order valence-corrected chi connectivity index (χ1v) is 6.99. The minimum absolute atomic E-state index is 0.180. The van der Waals surface area contributed by atoms with Crippen molar-refractivity contribution in [2.24, 2.45) is 5.10 Å². The highest BCUT2D eigenvalue weighted by atomic mass is 16.6. The van der Waals surface area contributed by atoms with Crippen molar-refractivity contribution in [1.29, 1.82) is 5.26 Å². The molecule has 2 aromatic rings. The molecule has 116 valence electrons. The molecule has 0 aliphatic rings. The molecule has 0 saturated carbocycles. The Morgan fingerprint density at radius 1 is 1.22 bits per heavy atom. The molecule has 0 bridgehead atoms. The molecule has 0 heterocycles. The third-order valence-electron chi connectivity index (χ3n) is 3.59. The van der Waals surface area contributed by atoms with Gasteiger partial charge in [-0.05, 0) is 55.7 Å². The zero-order chi connectivity index (χ0) is 17.0. The van der Waals surface area contributed by atoms with Crippen molar-refractivity contribution in [3.05, 3.63) is 68.8 Å². The van der Waals surface area contributed by atoms with E-state index in [9.17, 15) is 10.1 Å². The third-order valence-corrected chi connectivity index (χ3v) is 3.59. The van der Waals surface area contributed by atoms with Gasteiger partial charge in [-0.2, -0.15) is 10.4 Å². The van der Waals surface area contributed by atoms with Crippen LogP contribution in [0.25, 0.3) is 0 Å². The minimum Gasteiger partial charge on any atom is -0.271 e. The Bertz CT molecular complexity index is 835. The number of hydrogen-bond acceptors (Lipinski definition) is 5. The van der Waals surface area contributed by atoms with E-state index in [-0.39, 0.29) is 16.9 Å². The van der Waals surface area contributed by atoms with Crippen LogP contribution in [0.3, 0.4) is 0 Å². The van der Waals surface area contributed by atoms with Crippen LogP contribution in [0, 0.1) is 35.3 Å². The van der Waals surface area contributed by atoms with Crippen LogP contribution in [0.5, 0.6) is 0 Å². The van der Waals surface area contributed by atoms with E-state index in [0.717, 1.165) is 11.1 Å². The third kappa shape index (κ3) is 3.71. The van der Waals surface area contributed by atoms with Crippen LogP contribution < -0.4 is 5.43 Å². The average molecular weight is 308 g/mol. The predicted octanol–water partition coefficient (Wildman–Crippen LogP) is 3.92. The van der Waals surface area contributed by atoms with Crippen LogP contribution >= 0.6 is 0 Å². The molecular formula is C17H16N4O2. The van der Waals surface area contributed by atoms with Crippen molar-refractivity contribution in [2.45, 2.75) is 20.8 Å². The first kappa shape index (κ1) is 16.2. The van der Waals surface area contributed by atoms with Crippen molar-refractivity contribution in [3.8, 4) is 6.07 Å².